The highest BCUT2D eigenvalue weighted by Crippen LogP contribution is 2.48. The lowest BCUT2D eigenvalue weighted by atomic mass is 9.94. The van der Waals surface area contributed by atoms with Gasteiger partial charge in [-0.1, -0.05) is 109 Å². The van der Waals surface area contributed by atoms with E-state index < -0.39 is 0 Å². The molecule has 0 saturated heterocycles. The quantitative estimate of drug-likeness (QED) is 0.209. The zero-order valence-electron chi connectivity index (χ0n) is 24.3. The fraction of sp³-hybridized carbons (Fsp3) is 0.0244. The molecule has 1 aromatic heterocycles. The Morgan fingerprint density at radius 1 is 0.533 bits per heavy atom. The van der Waals surface area contributed by atoms with Crippen LogP contribution >= 0.6 is 0 Å². The first-order valence-electron chi connectivity index (χ1n) is 15.4. The summed E-state index contributed by atoms with van der Waals surface area (Å²) in [5, 5.41) is 13.3. The maximum absolute atomic E-state index is 5.41. The van der Waals surface area contributed by atoms with E-state index in [1.807, 2.05) is 0 Å². The molecule has 0 radical (unpaired) electrons. The molecule has 210 valence electrons. The molecular formula is C41H26N4. The van der Waals surface area contributed by atoms with E-state index in [1.165, 1.54) is 43.7 Å². The lowest BCUT2D eigenvalue weighted by Crippen LogP contribution is -2.30. The van der Waals surface area contributed by atoms with Gasteiger partial charge in [-0.15, -0.1) is 0 Å². The van der Waals surface area contributed by atoms with Gasteiger partial charge in [-0.2, -0.15) is 0 Å². The predicted octanol–water partition coefficient (Wildman–Crippen LogP) is 10.2. The Morgan fingerprint density at radius 3 is 2.16 bits per heavy atom. The van der Waals surface area contributed by atoms with Crippen LogP contribution in [0.5, 0.6) is 0 Å². The van der Waals surface area contributed by atoms with Crippen LogP contribution in [0.2, 0.25) is 0 Å². The second-order valence-electron chi connectivity index (χ2n) is 11.9. The second kappa shape index (κ2) is 9.25. The van der Waals surface area contributed by atoms with Gasteiger partial charge in [0.05, 0.1) is 33.8 Å². The number of nitrogens with one attached hydrogen (secondary N) is 1. The zero-order chi connectivity index (χ0) is 29.5. The van der Waals surface area contributed by atoms with E-state index in [0.29, 0.717) is 0 Å². The molecule has 1 N–H and O–H groups in total. The Labute approximate surface area is 259 Å². The van der Waals surface area contributed by atoms with Crippen molar-refractivity contribution in [1.82, 2.24) is 9.97 Å². The molecule has 4 heteroatoms. The first-order valence-corrected chi connectivity index (χ1v) is 15.4. The van der Waals surface area contributed by atoms with E-state index in [-0.39, 0.29) is 6.17 Å². The summed E-state index contributed by atoms with van der Waals surface area (Å²) in [6, 6.07) is 43.3. The number of anilines is 2. The van der Waals surface area contributed by atoms with Gasteiger partial charge in [0.25, 0.3) is 0 Å². The lowest BCUT2D eigenvalue weighted by Gasteiger charge is -2.23. The SMILES string of the molecule is C1=CC2Nc3c(c4ccc(-c5nc6ccc7ccccc7c6nc5-c5ccc6ccccc6c5)cc4c4ccccc34)N2C=C1. The topological polar surface area (TPSA) is 41.1 Å². The third kappa shape index (κ3) is 3.60. The maximum Gasteiger partial charge on any atom is 0.123 e. The molecule has 45 heavy (non-hydrogen) atoms. The molecule has 1 atom stereocenters. The number of hydrogen-bond donors (Lipinski definition) is 1. The predicted molar refractivity (Wildman–Crippen MR) is 189 cm³/mol. The van der Waals surface area contributed by atoms with Crippen LogP contribution in [-0.4, -0.2) is 16.1 Å². The van der Waals surface area contributed by atoms with E-state index >= 15 is 0 Å². The number of fused-ring (bicyclic) bond motifs is 12. The van der Waals surface area contributed by atoms with Crippen molar-refractivity contribution in [1.29, 1.82) is 0 Å². The maximum atomic E-state index is 5.41. The first-order chi connectivity index (χ1) is 22.3. The first kappa shape index (κ1) is 24.4. The highest BCUT2D eigenvalue weighted by molar-refractivity contribution is 6.22. The van der Waals surface area contributed by atoms with Crippen molar-refractivity contribution in [3.63, 3.8) is 0 Å². The third-order valence-electron chi connectivity index (χ3n) is 9.36. The highest BCUT2D eigenvalue weighted by atomic mass is 15.3. The molecule has 1 unspecified atom stereocenters. The van der Waals surface area contributed by atoms with Crippen molar-refractivity contribution < 1.29 is 0 Å². The molecule has 0 saturated carbocycles. The molecular weight excluding hydrogens is 548 g/mol. The van der Waals surface area contributed by atoms with Crippen molar-refractivity contribution in [2.45, 2.75) is 6.17 Å². The minimum atomic E-state index is 0.111. The second-order valence-corrected chi connectivity index (χ2v) is 11.9. The normalized spacial score (nSPS) is 15.3. The summed E-state index contributed by atoms with van der Waals surface area (Å²) in [7, 11) is 0. The van der Waals surface area contributed by atoms with E-state index in [2.05, 4.69) is 156 Å². The zero-order valence-corrected chi connectivity index (χ0v) is 24.3. The van der Waals surface area contributed by atoms with Crippen molar-refractivity contribution >= 4 is 65.5 Å². The van der Waals surface area contributed by atoms with Crippen LogP contribution in [0.3, 0.4) is 0 Å². The summed E-state index contributed by atoms with van der Waals surface area (Å²) in [5.74, 6) is 0. The van der Waals surface area contributed by atoms with Gasteiger partial charge in [-0.05, 0) is 57.3 Å². The van der Waals surface area contributed by atoms with E-state index in [9.17, 15) is 0 Å². The lowest BCUT2D eigenvalue weighted by molar-refractivity contribution is 0.910. The van der Waals surface area contributed by atoms with Gasteiger partial charge in [0.2, 0.25) is 0 Å². The summed E-state index contributed by atoms with van der Waals surface area (Å²) in [5.41, 5.74) is 8.09. The van der Waals surface area contributed by atoms with Crippen LogP contribution in [0.1, 0.15) is 0 Å². The minimum absolute atomic E-state index is 0.111. The number of hydrogen-bond acceptors (Lipinski definition) is 4. The average molecular weight is 575 g/mol. The molecule has 2 aliphatic heterocycles. The van der Waals surface area contributed by atoms with Gasteiger partial charge in [-0.25, -0.2) is 9.97 Å². The van der Waals surface area contributed by atoms with Gasteiger partial charge in [0, 0.05) is 33.5 Å². The van der Waals surface area contributed by atoms with E-state index in [1.54, 1.807) is 0 Å². The monoisotopic (exact) mass is 574 g/mol. The highest BCUT2D eigenvalue weighted by Gasteiger charge is 2.31. The van der Waals surface area contributed by atoms with Crippen LogP contribution < -0.4 is 10.2 Å². The smallest absolute Gasteiger partial charge is 0.123 e. The van der Waals surface area contributed by atoms with Gasteiger partial charge >= 0.3 is 0 Å². The van der Waals surface area contributed by atoms with Crippen LogP contribution in [0.4, 0.5) is 11.4 Å². The van der Waals surface area contributed by atoms with Gasteiger partial charge in [0.1, 0.15) is 6.17 Å². The van der Waals surface area contributed by atoms with E-state index in [0.717, 1.165) is 44.3 Å². The van der Waals surface area contributed by atoms with Crippen LogP contribution in [0, 0.1) is 0 Å². The molecule has 7 aromatic carbocycles. The molecule has 2 aliphatic rings. The van der Waals surface area contributed by atoms with Crippen LogP contribution in [-0.2, 0) is 0 Å². The van der Waals surface area contributed by atoms with Crippen LogP contribution in [0.15, 0.2) is 146 Å². The Kier molecular flexibility index (Phi) is 5.02. The Morgan fingerprint density at radius 2 is 1.24 bits per heavy atom. The molecule has 8 aromatic rings. The molecule has 0 amide bonds. The van der Waals surface area contributed by atoms with Crippen molar-refractivity contribution in [3.05, 3.63) is 146 Å². The fourth-order valence-electron chi connectivity index (χ4n) is 7.24. The number of rotatable bonds is 2. The number of benzene rings is 7. The fourth-order valence-corrected chi connectivity index (χ4v) is 7.24. The summed E-state index contributed by atoms with van der Waals surface area (Å²) in [6.45, 7) is 0. The molecule has 0 aliphatic carbocycles. The standard InChI is InChI=1S/C41H26N4/c1-2-11-27-23-28(17-16-25(27)9-1)38-37(42-35-21-19-26-10-3-4-12-30(26)39(35)44-38)29-18-20-33-34(24-29)31-13-5-6-14-32(31)40-41(33)45-22-8-7-15-36(45)43-40/h1-24,36,43H. The molecule has 4 nitrogen and oxygen atoms in total. The Balaban J connectivity index is 1.27. The molecule has 0 bridgehead atoms. The third-order valence-corrected chi connectivity index (χ3v) is 9.36. The summed E-state index contributed by atoms with van der Waals surface area (Å²) in [4.78, 5) is 13.1. The number of aromatic nitrogens is 2. The molecule has 0 spiro atoms. The van der Waals surface area contributed by atoms with Gasteiger partial charge in [-0.3, -0.25) is 0 Å². The molecule has 10 rings (SSSR count). The Hall–Kier alpha value is -6.00. The minimum Gasteiger partial charge on any atom is -0.359 e. The van der Waals surface area contributed by atoms with Crippen molar-refractivity contribution in [3.8, 4) is 22.5 Å². The van der Waals surface area contributed by atoms with Crippen molar-refractivity contribution in [2.75, 3.05) is 10.2 Å². The summed E-state index contributed by atoms with van der Waals surface area (Å²) >= 11 is 0. The van der Waals surface area contributed by atoms with Crippen LogP contribution in [0.25, 0.3) is 76.6 Å². The summed E-state index contributed by atoms with van der Waals surface area (Å²) < 4.78 is 0. The number of allylic oxidation sites excluding steroid dienone is 2. The molecule has 3 heterocycles. The van der Waals surface area contributed by atoms with Crippen molar-refractivity contribution in [2.24, 2.45) is 0 Å². The van der Waals surface area contributed by atoms with Gasteiger partial charge in [0.15, 0.2) is 0 Å². The molecule has 0 fully saturated rings. The number of nitrogens with zero attached hydrogens (tertiary/aromatic N) is 3. The van der Waals surface area contributed by atoms with Gasteiger partial charge < -0.3 is 10.2 Å². The Bertz CT molecular complexity index is 2600. The summed E-state index contributed by atoms with van der Waals surface area (Å²) in [6.07, 6.45) is 8.70. The largest absolute Gasteiger partial charge is 0.359 e. The van der Waals surface area contributed by atoms with E-state index in [4.69, 9.17) is 9.97 Å². The average Bonchev–Trinajstić information content (AvgIpc) is 3.51.